The van der Waals surface area contributed by atoms with Crippen molar-refractivity contribution in [2.24, 2.45) is 11.7 Å². The molecular weight excluding hydrogens is 260 g/mol. The minimum atomic E-state index is 0.199. The van der Waals surface area contributed by atoms with E-state index in [2.05, 4.69) is 6.92 Å². The molecule has 104 valence electrons. The van der Waals surface area contributed by atoms with Crippen molar-refractivity contribution < 1.29 is 4.79 Å². The third kappa shape index (κ3) is 3.95. The second kappa shape index (κ2) is 6.40. The van der Waals surface area contributed by atoms with Crippen molar-refractivity contribution in [3.05, 3.63) is 34.9 Å². The Morgan fingerprint density at radius 1 is 1.37 bits per heavy atom. The fraction of sp³-hybridized carbons (Fsp3) is 0.533. The molecule has 0 saturated carbocycles. The van der Waals surface area contributed by atoms with E-state index in [0.717, 1.165) is 31.5 Å². The summed E-state index contributed by atoms with van der Waals surface area (Å²) in [6, 6.07) is 7.71. The molecule has 2 N–H and O–H groups in total. The number of hydrogen-bond acceptors (Lipinski definition) is 2. The molecule has 0 aliphatic carbocycles. The molecule has 0 spiro atoms. The number of carbonyl (C=O) groups excluding carboxylic acids is 1. The van der Waals surface area contributed by atoms with Gasteiger partial charge in [0.2, 0.25) is 5.91 Å². The fourth-order valence-electron chi connectivity index (χ4n) is 2.56. The van der Waals surface area contributed by atoms with E-state index in [1.807, 2.05) is 29.2 Å². The molecule has 1 fully saturated rings. The minimum absolute atomic E-state index is 0.199. The van der Waals surface area contributed by atoms with Gasteiger partial charge in [0.05, 0.1) is 6.42 Å². The molecule has 4 heteroatoms. The molecule has 0 aromatic heterocycles. The van der Waals surface area contributed by atoms with E-state index in [4.69, 9.17) is 17.3 Å². The van der Waals surface area contributed by atoms with Crippen molar-refractivity contribution in [3.63, 3.8) is 0 Å². The third-order valence-corrected chi connectivity index (χ3v) is 4.16. The minimum Gasteiger partial charge on any atom is -0.342 e. The molecule has 3 nitrogen and oxygen atoms in total. The average Bonchev–Trinajstić information content (AvgIpc) is 2.41. The van der Waals surface area contributed by atoms with Gasteiger partial charge < -0.3 is 10.6 Å². The Morgan fingerprint density at radius 2 is 1.95 bits per heavy atom. The van der Waals surface area contributed by atoms with Gasteiger partial charge in [-0.3, -0.25) is 4.79 Å². The maximum Gasteiger partial charge on any atom is 0.226 e. The molecule has 0 bridgehead atoms. The normalized spacial score (nSPS) is 18.4. The maximum absolute atomic E-state index is 12.2. The first kappa shape index (κ1) is 14.4. The lowest BCUT2D eigenvalue weighted by atomic mass is 9.91. The van der Waals surface area contributed by atoms with Crippen LogP contribution in [0.15, 0.2) is 24.3 Å². The van der Waals surface area contributed by atoms with Crippen molar-refractivity contribution >= 4 is 17.5 Å². The Balaban J connectivity index is 1.86. The topological polar surface area (TPSA) is 46.3 Å². The van der Waals surface area contributed by atoms with Crippen LogP contribution in [0.5, 0.6) is 0 Å². The summed E-state index contributed by atoms with van der Waals surface area (Å²) >= 11 is 5.84. The quantitative estimate of drug-likeness (QED) is 0.924. The lowest BCUT2D eigenvalue weighted by molar-refractivity contribution is -0.131. The molecule has 1 heterocycles. The number of nitrogens with zero attached hydrogens (tertiary/aromatic N) is 1. The van der Waals surface area contributed by atoms with E-state index >= 15 is 0 Å². The molecule has 1 atom stereocenters. The van der Waals surface area contributed by atoms with Gasteiger partial charge in [0.15, 0.2) is 0 Å². The number of likely N-dealkylation sites (tertiary alicyclic amines) is 1. The molecule has 2 rings (SSSR count). The van der Waals surface area contributed by atoms with Gasteiger partial charge in [-0.2, -0.15) is 0 Å². The van der Waals surface area contributed by atoms with E-state index in [1.54, 1.807) is 0 Å². The van der Waals surface area contributed by atoms with Crippen LogP contribution < -0.4 is 5.73 Å². The van der Waals surface area contributed by atoms with Crippen LogP contribution in [0.1, 0.15) is 25.3 Å². The zero-order valence-corrected chi connectivity index (χ0v) is 12.1. The van der Waals surface area contributed by atoms with Crippen molar-refractivity contribution in [1.82, 2.24) is 4.90 Å². The summed E-state index contributed by atoms with van der Waals surface area (Å²) in [6.45, 7) is 3.72. The lowest BCUT2D eigenvalue weighted by Crippen LogP contribution is -2.43. The highest BCUT2D eigenvalue weighted by Gasteiger charge is 2.24. The van der Waals surface area contributed by atoms with Crippen LogP contribution >= 0.6 is 11.6 Å². The maximum atomic E-state index is 12.2. The van der Waals surface area contributed by atoms with Crippen LogP contribution in [-0.4, -0.2) is 29.9 Å². The molecule has 1 aromatic rings. The van der Waals surface area contributed by atoms with E-state index < -0.39 is 0 Å². The first-order chi connectivity index (χ1) is 9.06. The van der Waals surface area contributed by atoms with Gasteiger partial charge in [0, 0.05) is 24.2 Å². The average molecular weight is 281 g/mol. The zero-order chi connectivity index (χ0) is 13.8. The molecular formula is C15H21ClN2O. The number of piperidine rings is 1. The molecule has 1 amide bonds. The summed E-state index contributed by atoms with van der Waals surface area (Å²) < 4.78 is 0. The Bertz CT molecular complexity index is 422. The van der Waals surface area contributed by atoms with Crippen molar-refractivity contribution in [2.45, 2.75) is 32.2 Å². The zero-order valence-electron chi connectivity index (χ0n) is 11.3. The Hall–Kier alpha value is -1.06. The first-order valence-corrected chi connectivity index (χ1v) is 7.22. The molecule has 1 aromatic carbocycles. The largest absolute Gasteiger partial charge is 0.342 e. The second-order valence-corrected chi connectivity index (χ2v) is 5.82. The van der Waals surface area contributed by atoms with Gasteiger partial charge in [-0.25, -0.2) is 0 Å². The van der Waals surface area contributed by atoms with Gasteiger partial charge in [-0.05, 0) is 43.4 Å². The van der Waals surface area contributed by atoms with Crippen LogP contribution in [0, 0.1) is 5.92 Å². The molecule has 1 saturated heterocycles. The highest BCUT2D eigenvalue weighted by Crippen LogP contribution is 2.20. The third-order valence-electron chi connectivity index (χ3n) is 3.90. The van der Waals surface area contributed by atoms with Gasteiger partial charge in [-0.15, -0.1) is 0 Å². The van der Waals surface area contributed by atoms with Gasteiger partial charge in [0.1, 0.15) is 0 Å². The predicted molar refractivity (Wildman–Crippen MR) is 78.1 cm³/mol. The smallest absolute Gasteiger partial charge is 0.226 e. The first-order valence-electron chi connectivity index (χ1n) is 6.84. The summed E-state index contributed by atoms with van der Waals surface area (Å²) in [4.78, 5) is 14.1. The van der Waals surface area contributed by atoms with Gasteiger partial charge >= 0.3 is 0 Å². The fourth-order valence-corrected chi connectivity index (χ4v) is 2.69. The Morgan fingerprint density at radius 3 is 2.47 bits per heavy atom. The van der Waals surface area contributed by atoms with E-state index in [-0.39, 0.29) is 11.9 Å². The standard InChI is InChI=1S/C15H21ClN2O/c1-11(17)13-6-8-18(9-7-13)15(19)10-12-2-4-14(16)5-3-12/h2-5,11,13H,6-10,17H2,1H3. The van der Waals surface area contributed by atoms with E-state index in [1.165, 1.54) is 0 Å². The van der Waals surface area contributed by atoms with Crippen LogP contribution in [0.2, 0.25) is 5.02 Å². The highest BCUT2D eigenvalue weighted by atomic mass is 35.5. The SMILES string of the molecule is CC(N)C1CCN(C(=O)Cc2ccc(Cl)cc2)CC1. The number of halogens is 1. The molecule has 1 aliphatic heterocycles. The number of hydrogen-bond donors (Lipinski definition) is 1. The van der Waals surface area contributed by atoms with Gasteiger partial charge in [0.25, 0.3) is 0 Å². The number of nitrogens with two attached hydrogens (primary N) is 1. The molecule has 1 unspecified atom stereocenters. The van der Waals surface area contributed by atoms with E-state index in [9.17, 15) is 4.79 Å². The summed E-state index contributed by atoms with van der Waals surface area (Å²) in [6.07, 6.45) is 2.49. The predicted octanol–water partition coefficient (Wildman–Crippen LogP) is 2.47. The van der Waals surface area contributed by atoms with Crippen LogP contribution in [0.25, 0.3) is 0 Å². The van der Waals surface area contributed by atoms with Crippen molar-refractivity contribution in [1.29, 1.82) is 0 Å². The second-order valence-electron chi connectivity index (χ2n) is 5.38. The molecule has 19 heavy (non-hydrogen) atoms. The summed E-state index contributed by atoms with van der Waals surface area (Å²) in [5.41, 5.74) is 6.93. The van der Waals surface area contributed by atoms with E-state index in [0.29, 0.717) is 17.4 Å². The van der Waals surface area contributed by atoms with Crippen molar-refractivity contribution in [3.8, 4) is 0 Å². The number of amides is 1. The number of rotatable bonds is 3. The van der Waals surface area contributed by atoms with Gasteiger partial charge in [-0.1, -0.05) is 23.7 Å². The van der Waals surface area contributed by atoms with Crippen LogP contribution in [0.3, 0.4) is 0 Å². The lowest BCUT2D eigenvalue weighted by Gasteiger charge is -2.33. The summed E-state index contributed by atoms with van der Waals surface area (Å²) in [7, 11) is 0. The van der Waals surface area contributed by atoms with Crippen LogP contribution in [0.4, 0.5) is 0 Å². The molecule has 1 aliphatic rings. The monoisotopic (exact) mass is 280 g/mol. The highest BCUT2D eigenvalue weighted by molar-refractivity contribution is 6.30. The van der Waals surface area contributed by atoms with Crippen molar-refractivity contribution in [2.75, 3.05) is 13.1 Å². The summed E-state index contributed by atoms with van der Waals surface area (Å²) in [5.74, 6) is 0.755. The number of benzene rings is 1. The Labute approximate surface area is 119 Å². The van der Waals surface area contributed by atoms with Crippen LogP contribution in [-0.2, 0) is 11.2 Å². The summed E-state index contributed by atoms with van der Waals surface area (Å²) in [5, 5.41) is 0.703. The Kier molecular flexibility index (Phi) is 4.83. The number of carbonyl (C=O) groups is 1. The molecule has 0 radical (unpaired) electrons.